The Balaban J connectivity index is 1.98. The van der Waals surface area contributed by atoms with Crippen LogP contribution in [0.5, 0.6) is 0 Å². The first kappa shape index (κ1) is 15.3. The first-order chi connectivity index (χ1) is 11.7. The van der Waals surface area contributed by atoms with Crippen LogP contribution in [0.3, 0.4) is 0 Å². The molecule has 2 heterocycles. The Morgan fingerprint density at radius 1 is 1.08 bits per heavy atom. The van der Waals surface area contributed by atoms with E-state index in [0.717, 1.165) is 36.9 Å². The van der Waals surface area contributed by atoms with Gasteiger partial charge < -0.3 is 0 Å². The maximum Gasteiger partial charge on any atom is 0.276 e. The fourth-order valence-electron chi connectivity index (χ4n) is 3.49. The van der Waals surface area contributed by atoms with Gasteiger partial charge in [-0.25, -0.2) is 4.68 Å². The molecule has 24 heavy (non-hydrogen) atoms. The lowest BCUT2D eigenvalue weighted by Crippen LogP contribution is -2.29. The number of fused-ring (bicyclic) bond motifs is 1. The molecule has 0 spiro atoms. The van der Waals surface area contributed by atoms with Gasteiger partial charge in [0.05, 0.1) is 11.4 Å². The fraction of sp³-hybridized carbons (Fsp3) is 0.316. The second-order valence-corrected chi connectivity index (χ2v) is 6.74. The number of hydrogen-bond acceptors (Lipinski definition) is 3. The van der Waals surface area contributed by atoms with E-state index in [0.29, 0.717) is 15.9 Å². The highest BCUT2D eigenvalue weighted by atomic mass is 35.5. The Morgan fingerprint density at radius 2 is 1.92 bits per heavy atom. The number of nitrogens with zero attached hydrogens (tertiary/aromatic N) is 3. The smallest absolute Gasteiger partial charge is 0.267 e. The van der Waals surface area contributed by atoms with Gasteiger partial charge in [-0.2, -0.15) is 5.10 Å². The summed E-state index contributed by atoms with van der Waals surface area (Å²) in [6, 6.07) is 11.4. The van der Waals surface area contributed by atoms with Crippen molar-refractivity contribution in [2.24, 2.45) is 0 Å². The molecule has 4 rings (SSSR count). The van der Waals surface area contributed by atoms with Gasteiger partial charge in [0, 0.05) is 16.8 Å². The van der Waals surface area contributed by atoms with Gasteiger partial charge in [-0.15, -0.1) is 0 Å². The largest absolute Gasteiger partial charge is 0.276 e. The summed E-state index contributed by atoms with van der Waals surface area (Å²) >= 11 is 6.15. The standard InChI is InChI=1S/C19H18ClN3O/c20-14-7-4-6-13(12-14)17-18-16(10-5-11-21-18)19(24)23(22-17)15-8-2-1-3-9-15/h4-7,10-12,15H,1-3,8-9H2. The van der Waals surface area contributed by atoms with Crippen molar-refractivity contribution in [1.82, 2.24) is 14.8 Å². The van der Waals surface area contributed by atoms with Crippen LogP contribution in [0.1, 0.15) is 38.1 Å². The topological polar surface area (TPSA) is 47.8 Å². The summed E-state index contributed by atoms with van der Waals surface area (Å²) in [5.41, 5.74) is 2.20. The van der Waals surface area contributed by atoms with E-state index in [1.807, 2.05) is 30.3 Å². The van der Waals surface area contributed by atoms with Gasteiger partial charge in [0.15, 0.2) is 0 Å². The van der Waals surface area contributed by atoms with Crippen LogP contribution in [0, 0.1) is 0 Å². The average molecular weight is 340 g/mol. The normalized spacial score (nSPS) is 15.7. The van der Waals surface area contributed by atoms with Gasteiger partial charge in [0.1, 0.15) is 11.2 Å². The summed E-state index contributed by atoms with van der Waals surface area (Å²) in [5.74, 6) is 0. The zero-order valence-electron chi connectivity index (χ0n) is 13.3. The van der Waals surface area contributed by atoms with Crippen LogP contribution in [-0.4, -0.2) is 14.8 Å². The summed E-state index contributed by atoms with van der Waals surface area (Å²) in [7, 11) is 0. The molecule has 4 nitrogen and oxygen atoms in total. The highest BCUT2D eigenvalue weighted by Crippen LogP contribution is 2.30. The molecular weight excluding hydrogens is 322 g/mol. The lowest BCUT2D eigenvalue weighted by atomic mass is 9.95. The zero-order chi connectivity index (χ0) is 16.5. The van der Waals surface area contributed by atoms with Crippen molar-refractivity contribution in [2.75, 3.05) is 0 Å². The number of halogens is 1. The molecule has 0 atom stereocenters. The average Bonchev–Trinajstić information content (AvgIpc) is 2.63. The third-order valence-electron chi connectivity index (χ3n) is 4.70. The molecule has 0 N–H and O–H groups in total. The van der Waals surface area contributed by atoms with Gasteiger partial charge >= 0.3 is 0 Å². The molecule has 0 aliphatic heterocycles. The lowest BCUT2D eigenvalue weighted by Gasteiger charge is -2.23. The molecule has 0 radical (unpaired) electrons. The van der Waals surface area contributed by atoms with Crippen molar-refractivity contribution in [3.8, 4) is 11.3 Å². The summed E-state index contributed by atoms with van der Waals surface area (Å²) in [6.45, 7) is 0. The Kier molecular flexibility index (Phi) is 4.07. The van der Waals surface area contributed by atoms with Crippen molar-refractivity contribution in [3.05, 3.63) is 58.0 Å². The van der Waals surface area contributed by atoms with Gasteiger partial charge in [0.25, 0.3) is 5.56 Å². The molecule has 0 bridgehead atoms. The molecule has 0 unspecified atom stereocenters. The highest BCUT2D eigenvalue weighted by molar-refractivity contribution is 6.30. The first-order valence-corrected chi connectivity index (χ1v) is 8.75. The van der Waals surface area contributed by atoms with E-state index in [1.54, 1.807) is 16.9 Å². The Morgan fingerprint density at radius 3 is 2.71 bits per heavy atom. The molecule has 0 saturated heterocycles. The summed E-state index contributed by atoms with van der Waals surface area (Å²) in [5, 5.41) is 5.98. The lowest BCUT2D eigenvalue weighted by molar-refractivity contribution is 0.321. The SMILES string of the molecule is O=c1c2cccnc2c(-c2cccc(Cl)c2)nn1C1CCCCC1. The maximum atomic E-state index is 12.9. The Hall–Kier alpha value is -2.20. The van der Waals surface area contributed by atoms with Gasteiger partial charge in [-0.3, -0.25) is 9.78 Å². The van der Waals surface area contributed by atoms with Crippen LogP contribution in [0.15, 0.2) is 47.4 Å². The van der Waals surface area contributed by atoms with Crippen LogP contribution < -0.4 is 5.56 Å². The maximum absolute atomic E-state index is 12.9. The quantitative estimate of drug-likeness (QED) is 0.684. The molecule has 1 aliphatic rings. The second-order valence-electron chi connectivity index (χ2n) is 6.30. The molecule has 1 aliphatic carbocycles. The predicted octanol–water partition coefficient (Wildman–Crippen LogP) is 4.62. The number of hydrogen-bond donors (Lipinski definition) is 0. The van der Waals surface area contributed by atoms with E-state index in [9.17, 15) is 4.79 Å². The second kappa shape index (κ2) is 6.36. The molecule has 1 saturated carbocycles. The van der Waals surface area contributed by atoms with Crippen molar-refractivity contribution < 1.29 is 0 Å². The van der Waals surface area contributed by atoms with Gasteiger partial charge in [-0.1, -0.05) is 43.0 Å². The molecule has 0 amide bonds. The minimum atomic E-state index is -0.0456. The van der Waals surface area contributed by atoms with E-state index in [4.69, 9.17) is 16.7 Å². The first-order valence-electron chi connectivity index (χ1n) is 8.37. The van der Waals surface area contributed by atoms with Gasteiger partial charge in [-0.05, 0) is 37.1 Å². The predicted molar refractivity (Wildman–Crippen MR) is 96.4 cm³/mol. The molecule has 1 fully saturated rings. The zero-order valence-corrected chi connectivity index (χ0v) is 14.0. The molecule has 122 valence electrons. The highest BCUT2D eigenvalue weighted by Gasteiger charge is 2.21. The van der Waals surface area contributed by atoms with Crippen LogP contribution in [-0.2, 0) is 0 Å². The molecule has 5 heteroatoms. The Bertz CT molecular complexity index is 945. The van der Waals surface area contributed by atoms with E-state index >= 15 is 0 Å². The van der Waals surface area contributed by atoms with Crippen LogP contribution in [0.25, 0.3) is 22.2 Å². The van der Waals surface area contributed by atoms with Gasteiger partial charge in [0.2, 0.25) is 0 Å². The van der Waals surface area contributed by atoms with Crippen LogP contribution >= 0.6 is 11.6 Å². The van der Waals surface area contributed by atoms with E-state index < -0.39 is 0 Å². The molecule has 1 aromatic carbocycles. The Labute approximate surface area is 145 Å². The van der Waals surface area contributed by atoms with Crippen molar-refractivity contribution in [2.45, 2.75) is 38.1 Å². The number of pyridine rings is 1. The van der Waals surface area contributed by atoms with Crippen molar-refractivity contribution >= 4 is 22.5 Å². The summed E-state index contributed by atoms with van der Waals surface area (Å²) < 4.78 is 1.68. The molecule has 3 aromatic rings. The van der Waals surface area contributed by atoms with Crippen molar-refractivity contribution in [3.63, 3.8) is 0 Å². The van der Waals surface area contributed by atoms with Crippen molar-refractivity contribution in [1.29, 1.82) is 0 Å². The van der Waals surface area contributed by atoms with Crippen LogP contribution in [0.2, 0.25) is 5.02 Å². The number of rotatable bonds is 2. The fourth-order valence-corrected chi connectivity index (χ4v) is 3.68. The van der Waals surface area contributed by atoms with E-state index in [1.165, 1.54) is 6.42 Å². The summed E-state index contributed by atoms with van der Waals surface area (Å²) in [4.78, 5) is 17.3. The minimum Gasteiger partial charge on any atom is -0.267 e. The third kappa shape index (κ3) is 2.71. The minimum absolute atomic E-state index is 0.0456. The van der Waals surface area contributed by atoms with E-state index in [-0.39, 0.29) is 11.6 Å². The molecule has 2 aromatic heterocycles. The number of benzene rings is 1. The summed E-state index contributed by atoms with van der Waals surface area (Å²) in [6.07, 6.45) is 7.25. The van der Waals surface area contributed by atoms with Crippen LogP contribution in [0.4, 0.5) is 0 Å². The third-order valence-corrected chi connectivity index (χ3v) is 4.93. The molecular formula is C19H18ClN3O. The monoisotopic (exact) mass is 339 g/mol. The van der Waals surface area contributed by atoms with E-state index in [2.05, 4.69) is 4.98 Å². The number of aromatic nitrogens is 3.